The Morgan fingerprint density at radius 3 is 2.44 bits per heavy atom. The summed E-state index contributed by atoms with van der Waals surface area (Å²) in [5, 5.41) is 13.2. The minimum absolute atomic E-state index is 0.290. The van der Waals surface area contributed by atoms with E-state index in [1.165, 1.54) is 18.7 Å². The molecule has 18 heavy (non-hydrogen) atoms. The van der Waals surface area contributed by atoms with Gasteiger partial charge >= 0.3 is 12.0 Å². The van der Waals surface area contributed by atoms with Crippen LogP contribution < -0.4 is 16.4 Å². The van der Waals surface area contributed by atoms with Gasteiger partial charge in [-0.05, 0) is 0 Å². The highest BCUT2D eigenvalue weighted by Gasteiger charge is 2.22. The molecule has 0 fully saturated rings. The van der Waals surface area contributed by atoms with Crippen molar-refractivity contribution in [2.75, 3.05) is 5.32 Å². The fraction of sp³-hybridized carbons (Fsp3) is 0.222. The minimum Gasteiger partial charge on any atom is -0.480 e. The molecular weight excluding hydrogens is 242 g/mol. The molecule has 1 atom stereocenters. The standard InChI is InChI=1S/C9H11N5O4/c10-7(15)1-6(8(16)17)14-9(18)13-5-2-11-4-12-3-5/h2-4,6H,1H2,(H2,10,15)(H,16,17)(H2,13,14,18). The van der Waals surface area contributed by atoms with Gasteiger partial charge in [0.2, 0.25) is 5.91 Å². The van der Waals surface area contributed by atoms with Crippen molar-refractivity contribution in [1.82, 2.24) is 15.3 Å². The van der Waals surface area contributed by atoms with Crippen molar-refractivity contribution in [3.05, 3.63) is 18.7 Å². The van der Waals surface area contributed by atoms with E-state index in [9.17, 15) is 14.4 Å². The molecule has 0 saturated heterocycles. The van der Waals surface area contributed by atoms with Gasteiger partial charge in [-0.25, -0.2) is 19.6 Å². The summed E-state index contributed by atoms with van der Waals surface area (Å²) in [4.78, 5) is 40.1. The number of carboxylic acid groups (broad SMARTS) is 1. The first-order valence-corrected chi connectivity index (χ1v) is 4.82. The topological polar surface area (TPSA) is 147 Å². The van der Waals surface area contributed by atoms with Crippen molar-refractivity contribution in [2.45, 2.75) is 12.5 Å². The maximum absolute atomic E-state index is 11.4. The van der Waals surface area contributed by atoms with Crippen molar-refractivity contribution < 1.29 is 19.5 Å². The third kappa shape index (κ3) is 4.43. The van der Waals surface area contributed by atoms with Crippen LogP contribution in [-0.4, -0.2) is 39.0 Å². The first-order chi connectivity index (χ1) is 8.49. The molecule has 0 aliphatic heterocycles. The molecule has 9 heteroatoms. The first kappa shape index (κ1) is 13.4. The number of nitrogens with zero attached hydrogens (tertiary/aromatic N) is 2. The zero-order chi connectivity index (χ0) is 13.5. The molecule has 5 N–H and O–H groups in total. The van der Waals surface area contributed by atoms with E-state index in [1.54, 1.807) is 0 Å². The highest BCUT2D eigenvalue weighted by atomic mass is 16.4. The molecule has 96 valence electrons. The second-order valence-electron chi connectivity index (χ2n) is 3.29. The molecule has 3 amide bonds. The zero-order valence-electron chi connectivity index (χ0n) is 9.16. The summed E-state index contributed by atoms with van der Waals surface area (Å²) in [7, 11) is 0. The Morgan fingerprint density at radius 2 is 1.94 bits per heavy atom. The minimum atomic E-state index is -1.38. The van der Waals surface area contributed by atoms with Crippen LogP contribution in [0.4, 0.5) is 10.5 Å². The molecule has 0 aromatic carbocycles. The number of aliphatic carboxylic acids is 1. The van der Waals surface area contributed by atoms with E-state index >= 15 is 0 Å². The van der Waals surface area contributed by atoms with Gasteiger partial charge in [-0.1, -0.05) is 0 Å². The van der Waals surface area contributed by atoms with Crippen molar-refractivity contribution in [3.8, 4) is 0 Å². The molecule has 1 aromatic rings. The van der Waals surface area contributed by atoms with Gasteiger partial charge in [-0.2, -0.15) is 0 Å². The van der Waals surface area contributed by atoms with E-state index in [1.807, 2.05) is 0 Å². The maximum Gasteiger partial charge on any atom is 0.326 e. The number of hydrogen-bond acceptors (Lipinski definition) is 5. The lowest BCUT2D eigenvalue weighted by Crippen LogP contribution is -2.45. The number of nitrogens with one attached hydrogen (secondary N) is 2. The average molecular weight is 253 g/mol. The van der Waals surface area contributed by atoms with Crippen LogP contribution in [0.2, 0.25) is 0 Å². The number of nitrogens with two attached hydrogens (primary N) is 1. The fourth-order valence-corrected chi connectivity index (χ4v) is 1.09. The van der Waals surface area contributed by atoms with Crippen molar-refractivity contribution in [2.24, 2.45) is 5.73 Å². The summed E-state index contributed by atoms with van der Waals surface area (Å²) in [6, 6.07) is -2.18. The number of primary amides is 1. The van der Waals surface area contributed by atoms with Gasteiger partial charge in [0.05, 0.1) is 24.5 Å². The summed E-state index contributed by atoms with van der Waals surface area (Å²) in [5.41, 5.74) is 5.16. The molecule has 0 bridgehead atoms. The molecule has 1 heterocycles. The van der Waals surface area contributed by atoms with E-state index in [-0.39, 0.29) is 0 Å². The lowest BCUT2D eigenvalue weighted by atomic mass is 10.2. The Bertz CT molecular complexity index is 450. The third-order valence-corrected chi connectivity index (χ3v) is 1.83. The monoisotopic (exact) mass is 253 g/mol. The van der Waals surface area contributed by atoms with Crippen LogP contribution in [0, 0.1) is 0 Å². The van der Waals surface area contributed by atoms with E-state index in [0.717, 1.165) is 0 Å². The Balaban J connectivity index is 2.56. The van der Waals surface area contributed by atoms with Gasteiger partial charge in [-0.15, -0.1) is 0 Å². The van der Waals surface area contributed by atoms with Crippen molar-refractivity contribution >= 4 is 23.6 Å². The first-order valence-electron chi connectivity index (χ1n) is 4.82. The van der Waals surface area contributed by atoms with Gasteiger partial charge in [-0.3, -0.25) is 4.79 Å². The number of hydrogen-bond donors (Lipinski definition) is 4. The molecule has 0 saturated carbocycles. The summed E-state index contributed by atoms with van der Waals surface area (Å²) in [6.07, 6.45) is 3.44. The fourth-order valence-electron chi connectivity index (χ4n) is 1.09. The number of urea groups is 1. The van der Waals surface area contributed by atoms with Crippen molar-refractivity contribution in [1.29, 1.82) is 0 Å². The van der Waals surface area contributed by atoms with Gasteiger partial charge in [0.1, 0.15) is 12.4 Å². The molecular formula is C9H11N5O4. The van der Waals surface area contributed by atoms with Gasteiger partial charge < -0.3 is 21.5 Å². The zero-order valence-corrected chi connectivity index (χ0v) is 9.16. The van der Waals surface area contributed by atoms with Crippen LogP contribution in [-0.2, 0) is 9.59 Å². The van der Waals surface area contributed by atoms with Gasteiger partial charge in [0, 0.05) is 0 Å². The number of carbonyl (C=O) groups excluding carboxylic acids is 2. The normalized spacial score (nSPS) is 11.3. The third-order valence-electron chi connectivity index (χ3n) is 1.83. The van der Waals surface area contributed by atoms with E-state index in [0.29, 0.717) is 5.69 Å². The SMILES string of the molecule is NC(=O)CC(NC(=O)Nc1cncnc1)C(=O)O. The maximum atomic E-state index is 11.4. The molecule has 0 aliphatic rings. The van der Waals surface area contributed by atoms with Crippen LogP contribution >= 0.6 is 0 Å². The van der Waals surface area contributed by atoms with Crippen LogP contribution in [0.5, 0.6) is 0 Å². The molecule has 0 aliphatic carbocycles. The van der Waals surface area contributed by atoms with E-state index < -0.39 is 30.4 Å². The van der Waals surface area contributed by atoms with Gasteiger partial charge in [0.15, 0.2) is 0 Å². The number of carboxylic acids is 1. The van der Waals surface area contributed by atoms with Crippen LogP contribution in [0.25, 0.3) is 0 Å². The summed E-state index contributed by atoms with van der Waals surface area (Å²) < 4.78 is 0. The van der Waals surface area contributed by atoms with Crippen LogP contribution in [0.1, 0.15) is 6.42 Å². The van der Waals surface area contributed by atoms with Crippen LogP contribution in [0.3, 0.4) is 0 Å². The average Bonchev–Trinajstić information content (AvgIpc) is 2.28. The van der Waals surface area contributed by atoms with Gasteiger partial charge in [0.25, 0.3) is 0 Å². The molecule has 0 spiro atoms. The van der Waals surface area contributed by atoms with E-state index in [4.69, 9.17) is 10.8 Å². The lowest BCUT2D eigenvalue weighted by Gasteiger charge is -2.13. The molecule has 0 radical (unpaired) electrons. The number of rotatable bonds is 5. The summed E-state index contributed by atoms with van der Waals surface area (Å²) in [6.45, 7) is 0. The molecule has 1 rings (SSSR count). The lowest BCUT2D eigenvalue weighted by molar-refractivity contribution is -0.140. The molecule has 1 aromatic heterocycles. The highest BCUT2D eigenvalue weighted by Crippen LogP contribution is 2.00. The number of anilines is 1. The quantitative estimate of drug-likeness (QED) is 0.525. The largest absolute Gasteiger partial charge is 0.480 e. The Kier molecular flexibility index (Phi) is 4.55. The highest BCUT2D eigenvalue weighted by molar-refractivity contribution is 5.93. The second-order valence-corrected chi connectivity index (χ2v) is 3.29. The van der Waals surface area contributed by atoms with Crippen molar-refractivity contribution in [3.63, 3.8) is 0 Å². The number of aromatic nitrogens is 2. The Hall–Kier alpha value is -2.71. The summed E-state index contributed by atoms with van der Waals surface area (Å²) in [5.74, 6) is -2.18. The predicted octanol–water partition coefficient (Wildman–Crippen LogP) is -1.07. The molecule has 1 unspecified atom stereocenters. The number of carbonyl (C=O) groups is 3. The predicted molar refractivity (Wildman–Crippen MR) is 59.4 cm³/mol. The van der Waals surface area contributed by atoms with E-state index in [2.05, 4.69) is 20.6 Å². The summed E-state index contributed by atoms with van der Waals surface area (Å²) >= 11 is 0. The smallest absolute Gasteiger partial charge is 0.326 e. The molecule has 9 nitrogen and oxygen atoms in total. The Labute approximate surface area is 101 Å². The Morgan fingerprint density at radius 1 is 1.33 bits per heavy atom. The number of amides is 3. The van der Waals surface area contributed by atoms with Crippen LogP contribution in [0.15, 0.2) is 18.7 Å². The second kappa shape index (κ2) is 6.13.